The lowest BCUT2D eigenvalue weighted by Gasteiger charge is -2.20. The Balaban J connectivity index is 2.12. The average molecular weight is 235 g/mol. The van der Waals surface area contributed by atoms with Gasteiger partial charge in [-0.25, -0.2) is 0 Å². The third kappa shape index (κ3) is 2.54. The van der Waals surface area contributed by atoms with Gasteiger partial charge in [-0.2, -0.15) is 5.10 Å². The van der Waals surface area contributed by atoms with E-state index in [2.05, 4.69) is 42.8 Å². The molecule has 0 aliphatic heterocycles. The van der Waals surface area contributed by atoms with Gasteiger partial charge in [-0.05, 0) is 40.5 Å². The number of aromatic nitrogens is 2. The van der Waals surface area contributed by atoms with Crippen LogP contribution in [0.4, 0.5) is 0 Å². The van der Waals surface area contributed by atoms with Crippen molar-refractivity contribution in [1.82, 2.24) is 15.1 Å². The summed E-state index contributed by atoms with van der Waals surface area (Å²) in [5, 5.41) is 8.36. The molecular formula is C14H25N3. The molecule has 1 N–H and O–H groups in total. The van der Waals surface area contributed by atoms with Gasteiger partial charge in [-0.15, -0.1) is 0 Å². The molecule has 1 aromatic rings. The molecule has 3 heteroatoms. The molecule has 0 bridgehead atoms. The Bertz CT molecular complexity index is 375. The van der Waals surface area contributed by atoms with E-state index < -0.39 is 0 Å². The van der Waals surface area contributed by atoms with E-state index in [-0.39, 0.29) is 0 Å². The van der Waals surface area contributed by atoms with Crippen LogP contribution >= 0.6 is 0 Å². The quantitative estimate of drug-likeness (QED) is 0.869. The maximum absolute atomic E-state index is 4.60. The molecule has 0 saturated heterocycles. The number of nitrogens with zero attached hydrogens (tertiary/aromatic N) is 2. The predicted molar refractivity (Wildman–Crippen MR) is 71.2 cm³/mol. The second-order valence-corrected chi connectivity index (χ2v) is 5.27. The molecule has 1 aliphatic carbocycles. The molecule has 1 atom stereocenters. The lowest BCUT2D eigenvalue weighted by Crippen LogP contribution is -2.29. The van der Waals surface area contributed by atoms with Gasteiger partial charge < -0.3 is 5.32 Å². The molecule has 1 aliphatic rings. The molecule has 17 heavy (non-hydrogen) atoms. The third-order valence-corrected chi connectivity index (χ3v) is 4.01. The standard InChI is InChI=1S/C14H25N3/c1-5-17-12(4)14(11(3)16-17)10(2)15-13-8-6-7-9-13/h10,13,15H,5-9H2,1-4H3. The second-order valence-electron chi connectivity index (χ2n) is 5.27. The molecule has 1 heterocycles. The van der Waals surface area contributed by atoms with Gasteiger partial charge in [-0.3, -0.25) is 4.68 Å². The predicted octanol–water partition coefficient (Wildman–Crippen LogP) is 3.11. The molecule has 0 amide bonds. The van der Waals surface area contributed by atoms with Crippen molar-refractivity contribution in [2.24, 2.45) is 0 Å². The van der Waals surface area contributed by atoms with E-state index in [1.54, 1.807) is 0 Å². The Kier molecular flexibility index (Phi) is 3.87. The van der Waals surface area contributed by atoms with E-state index in [4.69, 9.17) is 0 Å². The summed E-state index contributed by atoms with van der Waals surface area (Å²) in [5.74, 6) is 0. The van der Waals surface area contributed by atoms with Crippen molar-refractivity contribution in [3.8, 4) is 0 Å². The molecule has 2 rings (SSSR count). The van der Waals surface area contributed by atoms with Crippen LogP contribution < -0.4 is 5.32 Å². The zero-order valence-corrected chi connectivity index (χ0v) is 11.6. The van der Waals surface area contributed by atoms with Crippen molar-refractivity contribution in [1.29, 1.82) is 0 Å². The first-order chi connectivity index (χ1) is 8.13. The van der Waals surface area contributed by atoms with Crippen LogP contribution in [0, 0.1) is 13.8 Å². The summed E-state index contributed by atoms with van der Waals surface area (Å²) in [5.41, 5.74) is 3.91. The van der Waals surface area contributed by atoms with Gasteiger partial charge >= 0.3 is 0 Å². The van der Waals surface area contributed by atoms with Crippen molar-refractivity contribution >= 4 is 0 Å². The minimum Gasteiger partial charge on any atom is -0.307 e. The highest BCUT2D eigenvalue weighted by Crippen LogP contribution is 2.25. The summed E-state index contributed by atoms with van der Waals surface area (Å²) in [6.07, 6.45) is 5.45. The first-order valence-electron chi connectivity index (χ1n) is 6.93. The van der Waals surface area contributed by atoms with Gasteiger partial charge in [0.05, 0.1) is 5.69 Å². The van der Waals surface area contributed by atoms with Gasteiger partial charge in [0.2, 0.25) is 0 Å². The summed E-state index contributed by atoms with van der Waals surface area (Å²) in [6.45, 7) is 9.70. The normalized spacial score (nSPS) is 18.8. The first kappa shape index (κ1) is 12.6. The summed E-state index contributed by atoms with van der Waals surface area (Å²) in [7, 11) is 0. The average Bonchev–Trinajstić information content (AvgIpc) is 2.87. The van der Waals surface area contributed by atoms with Crippen molar-refractivity contribution in [2.75, 3.05) is 0 Å². The highest BCUT2D eigenvalue weighted by atomic mass is 15.3. The van der Waals surface area contributed by atoms with E-state index in [1.807, 2.05) is 0 Å². The maximum atomic E-state index is 4.60. The molecular weight excluding hydrogens is 210 g/mol. The summed E-state index contributed by atoms with van der Waals surface area (Å²) >= 11 is 0. The van der Waals surface area contributed by atoms with Gasteiger partial charge in [0.25, 0.3) is 0 Å². The van der Waals surface area contributed by atoms with Crippen LogP contribution in [0.15, 0.2) is 0 Å². The van der Waals surface area contributed by atoms with E-state index in [0.717, 1.165) is 6.54 Å². The molecule has 0 spiro atoms. The molecule has 0 radical (unpaired) electrons. The Morgan fingerprint density at radius 1 is 1.35 bits per heavy atom. The van der Waals surface area contributed by atoms with Crippen LogP contribution in [0.25, 0.3) is 0 Å². The lowest BCUT2D eigenvalue weighted by molar-refractivity contribution is 0.458. The Hall–Kier alpha value is -0.830. The topological polar surface area (TPSA) is 29.9 Å². The monoisotopic (exact) mass is 235 g/mol. The molecule has 3 nitrogen and oxygen atoms in total. The van der Waals surface area contributed by atoms with Gasteiger partial charge in [-0.1, -0.05) is 12.8 Å². The van der Waals surface area contributed by atoms with Crippen molar-refractivity contribution in [3.63, 3.8) is 0 Å². The Labute approximate surface area is 105 Å². The van der Waals surface area contributed by atoms with E-state index >= 15 is 0 Å². The minimum atomic E-state index is 0.429. The van der Waals surface area contributed by atoms with Gasteiger partial charge in [0.15, 0.2) is 0 Å². The molecule has 1 saturated carbocycles. The highest BCUT2D eigenvalue weighted by Gasteiger charge is 2.21. The fraction of sp³-hybridized carbons (Fsp3) is 0.786. The Morgan fingerprint density at radius 3 is 2.53 bits per heavy atom. The van der Waals surface area contributed by atoms with Crippen LogP contribution in [0.3, 0.4) is 0 Å². The molecule has 1 aromatic heterocycles. The van der Waals surface area contributed by atoms with Gasteiger partial charge in [0, 0.05) is 29.9 Å². The van der Waals surface area contributed by atoms with Crippen molar-refractivity contribution in [2.45, 2.75) is 72.0 Å². The first-order valence-corrected chi connectivity index (χ1v) is 6.93. The fourth-order valence-corrected chi connectivity index (χ4v) is 3.17. The third-order valence-electron chi connectivity index (χ3n) is 4.01. The van der Waals surface area contributed by atoms with Gasteiger partial charge in [0.1, 0.15) is 0 Å². The van der Waals surface area contributed by atoms with Crippen molar-refractivity contribution < 1.29 is 0 Å². The van der Waals surface area contributed by atoms with Crippen LogP contribution in [0.5, 0.6) is 0 Å². The number of hydrogen-bond acceptors (Lipinski definition) is 2. The number of hydrogen-bond donors (Lipinski definition) is 1. The fourth-order valence-electron chi connectivity index (χ4n) is 3.17. The largest absolute Gasteiger partial charge is 0.307 e. The van der Waals surface area contributed by atoms with Crippen LogP contribution in [-0.4, -0.2) is 15.8 Å². The lowest BCUT2D eigenvalue weighted by atomic mass is 10.0. The molecule has 96 valence electrons. The minimum absolute atomic E-state index is 0.429. The molecule has 0 aromatic carbocycles. The van der Waals surface area contributed by atoms with E-state index in [9.17, 15) is 0 Å². The Morgan fingerprint density at radius 2 is 2.00 bits per heavy atom. The number of aryl methyl sites for hydroxylation is 2. The SMILES string of the molecule is CCn1nc(C)c(C(C)NC2CCCC2)c1C. The highest BCUT2D eigenvalue weighted by molar-refractivity contribution is 5.27. The summed E-state index contributed by atoms with van der Waals surface area (Å²) in [6, 6.07) is 1.15. The van der Waals surface area contributed by atoms with Crippen LogP contribution in [0.1, 0.15) is 62.5 Å². The zero-order valence-electron chi connectivity index (χ0n) is 11.6. The van der Waals surface area contributed by atoms with Crippen LogP contribution in [0.2, 0.25) is 0 Å². The summed E-state index contributed by atoms with van der Waals surface area (Å²) < 4.78 is 2.11. The second kappa shape index (κ2) is 5.21. The van der Waals surface area contributed by atoms with E-state index in [1.165, 1.54) is 42.6 Å². The molecule has 1 fully saturated rings. The summed E-state index contributed by atoms with van der Waals surface area (Å²) in [4.78, 5) is 0. The maximum Gasteiger partial charge on any atom is 0.0644 e. The number of nitrogens with one attached hydrogen (secondary N) is 1. The number of rotatable bonds is 4. The zero-order chi connectivity index (χ0) is 12.4. The van der Waals surface area contributed by atoms with E-state index in [0.29, 0.717) is 12.1 Å². The molecule has 1 unspecified atom stereocenters. The van der Waals surface area contributed by atoms with Crippen LogP contribution in [-0.2, 0) is 6.54 Å². The van der Waals surface area contributed by atoms with Crippen molar-refractivity contribution in [3.05, 3.63) is 17.0 Å². The smallest absolute Gasteiger partial charge is 0.0644 e.